The third-order valence-corrected chi connectivity index (χ3v) is 12.3. The van der Waals surface area contributed by atoms with Crippen molar-refractivity contribution in [3.05, 3.63) is 108 Å². The van der Waals surface area contributed by atoms with E-state index in [0.717, 1.165) is 19.3 Å². The summed E-state index contributed by atoms with van der Waals surface area (Å²) in [6.45, 7) is 6.84. The van der Waals surface area contributed by atoms with Crippen LogP contribution in [0.5, 0.6) is 0 Å². The molecule has 0 atom stereocenters. The molecule has 0 nitrogen and oxygen atoms in total. The largest absolute Gasteiger partial charge is 0.180 e. The van der Waals surface area contributed by atoms with E-state index in [-0.39, 0.29) is 0 Å². The topological polar surface area (TPSA) is 0 Å². The highest BCUT2D eigenvalue weighted by atomic mass is 28.3. The molecule has 0 spiro atoms. The zero-order chi connectivity index (χ0) is 23.5. The van der Waals surface area contributed by atoms with Crippen molar-refractivity contribution in [1.82, 2.24) is 0 Å². The molecular weight excluding hydrogens is 424 g/mol. The Morgan fingerprint density at radius 1 is 0.471 bits per heavy atom. The lowest BCUT2D eigenvalue weighted by atomic mass is 9.98. The van der Waals surface area contributed by atoms with Crippen molar-refractivity contribution in [2.45, 2.75) is 59.3 Å². The molecule has 0 aromatic heterocycles. The molecule has 34 heavy (non-hydrogen) atoms. The summed E-state index contributed by atoms with van der Waals surface area (Å²) in [6.07, 6.45) is 6.96. The fourth-order valence-corrected chi connectivity index (χ4v) is 11.2. The number of rotatable bonds is 8. The van der Waals surface area contributed by atoms with Gasteiger partial charge in [-0.1, -0.05) is 131 Å². The van der Waals surface area contributed by atoms with E-state index in [0.29, 0.717) is 0 Å². The molecule has 0 N–H and O–H groups in total. The Balaban J connectivity index is 1.87. The lowest BCUT2D eigenvalue weighted by molar-refractivity contribution is 0.921. The quantitative estimate of drug-likeness (QED) is 0.253. The van der Waals surface area contributed by atoms with Gasteiger partial charge in [0.1, 0.15) is 0 Å². The van der Waals surface area contributed by atoms with Crippen molar-refractivity contribution in [1.29, 1.82) is 0 Å². The minimum Gasteiger partial charge on any atom is -0.0651 e. The Labute approximate surface area is 206 Å². The van der Waals surface area contributed by atoms with Gasteiger partial charge in [0, 0.05) is 0 Å². The molecular formula is C33H36Si. The normalized spacial score (nSPS) is 13.5. The van der Waals surface area contributed by atoms with Crippen LogP contribution >= 0.6 is 0 Å². The summed E-state index contributed by atoms with van der Waals surface area (Å²) >= 11 is 0. The monoisotopic (exact) mass is 460 g/mol. The Morgan fingerprint density at radius 3 is 1.50 bits per heavy atom. The van der Waals surface area contributed by atoms with Crippen LogP contribution in [0.1, 0.15) is 56.7 Å². The van der Waals surface area contributed by atoms with E-state index < -0.39 is 8.07 Å². The Kier molecular flexibility index (Phi) is 6.56. The van der Waals surface area contributed by atoms with E-state index >= 15 is 0 Å². The third-order valence-electron chi connectivity index (χ3n) is 7.45. The number of fused-ring (bicyclic) bond motifs is 3. The van der Waals surface area contributed by atoms with Gasteiger partial charge in [0.2, 0.25) is 0 Å². The average molecular weight is 461 g/mol. The molecule has 0 radical (unpaired) electrons. The smallest absolute Gasteiger partial charge is 0.0651 e. The molecule has 1 aliphatic heterocycles. The summed E-state index contributed by atoms with van der Waals surface area (Å²) in [7, 11) is -2.38. The van der Waals surface area contributed by atoms with Crippen LogP contribution in [0.4, 0.5) is 0 Å². The molecule has 0 saturated carbocycles. The number of hydrogen-bond donors (Lipinski definition) is 0. The fourth-order valence-electron chi connectivity index (χ4n) is 6.04. The zero-order valence-corrected chi connectivity index (χ0v) is 21.9. The molecule has 172 valence electrons. The Morgan fingerprint density at radius 2 is 0.971 bits per heavy atom. The first-order valence-electron chi connectivity index (χ1n) is 13.1. The molecule has 5 rings (SSSR count). The summed E-state index contributed by atoms with van der Waals surface area (Å²) in [5.41, 5.74) is 7.35. The van der Waals surface area contributed by atoms with Crippen LogP contribution in [-0.2, 0) is 19.3 Å². The van der Waals surface area contributed by atoms with E-state index in [4.69, 9.17) is 0 Å². The standard InChI is InChI=1S/C33H36Si/c1-4-11-25-14-10-17-29(22-25)34(28-15-8-7-9-16-28)32-20-18-26(12-5-2)23-30(32)31-24-27(13-6-3)19-21-33(31)34/h7-10,14-24H,4-6,11-13H2,1-3H3. The molecule has 0 unspecified atom stereocenters. The summed E-state index contributed by atoms with van der Waals surface area (Å²) in [5.74, 6) is 0. The summed E-state index contributed by atoms with van der Waals surface area (Å²) in [4.78, 5) is 0. The van der Waals surface area contributed by atoms with Crippen molar-refractivity contribution in [2.24, 2.45) is 0 Å². The Bertz CT molecular complexity index is 1230. The van der Waals surface area contributed by atoms with Crippen LogP contribution in [0, 0.1) is 0 Å². The summed E-state index contributed by atoms with van der Waals surface area (Å²) in [6, 6.07) is 35.8. The fraction of sp³-hybridized carbons (Fsp3) is 0.273. The summed E-state index contributed by atoms with van der Waals surface area (Å²) < 4.78 is 0. The van der Waals surface area contributed by atoms with Crippen LogP contribution in [0.25, 0.3) is 11.1 Å². The van der Waals surface area contributed by atoms with Gasteiger partial charge in [0.05, 0.1) is 0 Å². The first kappa shape index (κ1) is 22.9. The SMILES string of the molecule is CCCc1cccc([Si]2(c3ccccc3)c3ccc(CCC)cc3-c3cc(CCC)ccc32)c1. The van der Waals surface area contributed by atoms with Gasteiger partial charge in [-0.25, -0.2) is 0 Å². The molecule has 1 aliphatic rings. The van der Waals surface area contributed by atoms with Crippen LogP contribution in [-0.4, -0.2) is 8.07 Å². The highest BCUT2D eigenvalue weighted by Gasteiger charge is 2.48. The van der Waals surface area contributed by atoms with Crippen LogP contribution in [0.2, 0.25) is 0 Å². The molecule has 0 amide bonds. The van der Waals surface area contributed by atoms with E-state index in [9.17, 15) is 0 Å². The maximum absolute atomic E-state index is 2.53. The van der Waals surface area contributed by atoms with Crippen molar-refractivity contribution in [3.63, 3.8) is 0 Å². The van der Waals surface area contributed by atoms with Crippen molar-refractivity contribution in [3.8, 4) is 11.1 Å². The van der Waals surface area contributed by atoms with Gasteiger partial charge in [-0.2, -0.15) is 0 Å². The van der Waals surface area contributed by atoms with E-state index in [2.05, 4.69) is 112 Å². The lowest BCUT2D eigenvalue weighted by Gasteiger charge is -2.32. The van der Waals surface area contributed by atoms with Gasteiger partial charge < -0.3 is 0 Å². The van der Waals surface area contributed by atoms with Crippen LogP contribution in [0.3, 0.4) is 0 Å². The molecule has 0 bridgehead atoms. The van der Waals surface area contributed by atoms with Gasteiger partial charge in [0.15, 0.2) is 8.07 Å². The van der Waals surface area contributed by atoms with Crippen molar-refractivity contribution < 1.29 is 0 Å². The minimum absolute atomic E-state index is 1.14. The van der Waals surface area contributed by atoms with E-state index in [1.54, 1.807) is 10.4 Å². The molecule has 1 heteroatoms. The van der Waals surface area contributed by atoms with Crippen LogP contribution in [0.15, 0.2) is 91.0 Å². The number of aryl methyl sites for hydroxylation is 3. The van der Waals surface area contributed by atoms with E-state index in [1.807, 2.05) is 0 Å². The van der Waals surface area contributed by atoms with Gasteiger partial charge in [0.25, 0.3) is 0 Å². The van der Waals surface area contributed by atoms with Gasteiger partial charge in [-0.3, -0.25) is 0 Å². The Hall–Kier alpha value is -2.90. The first-order valence-corrected chi connectivity index (χ1v) is 15.1. The predicted octanol–water partition coefficient (Wildman–Crippen LogP) is 5.90. The number of benzene rings is 4. The molecule has 1 heterocycles. The molecule has 0 saturated heterocycles. The second kappa shape index (κ2) is 9.76. The average Bonchev–Trinajstić information content (AvgIpc) is 3.15. The molecule has 4 aromatic carbocycles. The number of hydrogen-bond acceptors (Lipinski definition) is 0. The second-order valence-electron chi connectivity index (χ2n) is 9.83. The van der Waals surface area contributed by atoms with Gasteiger partial charge >= 0.3 is 0 Å². The highest BCUT2D eigenvalue weighted by molar-refractivity contribution is 7.22. The third kappa shape index (κ3) is 3.77. The predicted molar refractivity (Wildman–Crippen MR) is 151 cm³/mol. The van der Waals surface area contributed by atoms with Crippen molar-refractivity contribution in [2.75, 3.05) is 0 Å². The van der Waals surface area contributed by atoms with Gasteiger partial charge in [-0.05, 0) is 67.8 Å². The van der Waals surface area contributed by atoms with Crippen LogP contribution < -0.4 is 20.7 Å². The maximum atomic E-state index is 2.53. The maximum Gasteiger partial charge on any atom is 0.180 e. The van der Waals surface area contributed by atoms with Gasteiger partial charge in [-0.15, -0.1) is 0 Å². The zero-order valence-electron chi connectivity index (χ0n) is 20.9. The van der Waals surface area contributed by atoms with Crippen molar-refractivity contribution >= 4 is 28.8 Å². The second-order valence-corrected chi connectivity index (χ2v) is 13.6. The first-order chi connectivity index (χ1) is 16.7. The molecule has 0 fully saturated rings. The summed E-state index contributed by atoms with van der Waals surface area (Å²) in [5, 5.41) is 6.15. The molecule has 4 aromatic rings. The lowest BCUT2D eigenvalue weighted by Crippen LogP contribution is -2.72. The van der Waals surface area contributed by atoms with E-state index in [1.165, 1.54) is 57.5 Å². The highest BCUT2D eigenvalue weighted by Crippen LogP contribution is 2.31. The minimum atomic E-state index is -2.38. The molecule has 0 aliphatic carbocycles.